The van der Waals surface area contributed by atoms with Gasteiger partial charge >= 0.3 is 0 Å². The second-order valence-corrected chi connectivity index (χ2v) is 3.77. The van der Waals surface area contributed by atoms with Crippen LogP contribution in [0.5, 0.6) is 0 Å². The maximum absolute atomic E-state index is 12.6. The number of hydrogen-bond acceptors (Lipinski definition) is 2. The Labute approximate surface area is 81.4 Å². The zero-order valence-electron chi connectivity index (χ0n) is 7.66. The second-order valence-electron chi connectivity index (χ2n) is 3.77. The van der Waals surface area contributed by atoms with Crippen LogP contribution in [0.3, 0.4) is 0 Å². The lowest BCUT2D eigenvalue weighted by Crippen LogP contribution is -2.19. The van der Waals surface area contributed by atoms with Gasteiger partial charge in [-0.15, -0.1) is 0 Å². The number of aliphatic hydroxyl groups is 1. The molecule has 0 spiro atoms. The van der Waals surface area contributed by atoms with Gasteiger partial charge in [0.05, 0.1) is 12.0 Å². The highest BCUT2D eigenvalue weighted by Crippen LogP contribution is 2.47. The third-order valence-electron chi connectivity index (χ3n) is 2.74. The van der Waals surface area contributed by atoms with Crippen LogP contribution in [0.25, 0.3) is 0 Å². The first-order valence-electron chi connectivity index (χ1n) is 4.59. The molecule has 0 saturated heterocycles. The average Bonchev–Trinajstić information content (AvgIpc) is 2.99. The quantitative estimate of drug-likeness (QED) is 0.745. The van der Waals surface area contributed by atoms with Crippen molar-refractivity contribution in [3.8, 4) is 0 Å². The van der Waals surface area contributed by atoms with Crippen LogP contribution in [-0.2, 0) is 0 Å². The van der Waals surface area contributed by atoms with Gasteiger partial charge < -0.3 is 5.11 Å². The van der Waals surface area contributed by atoms with E-state index in [4.69, 9.17) is 5.11 Å². The molecule has 0 bridgehead atoms. The molecule has 1 fully saturated rings. The van der Waals surface area contributed by atoms with Crippen LogP contribution in [0, 0.1) is 11.2 Å². The van der Waals surface area contributed by atoms with E-state index in [1.807, 2.05) is 0 Å². The second kappa shape index (κ2) is 3.17. The van der Waals surface area contributed by atoms with Crippen molar-refractivity contribution in [1.82, 2.24) is 0 Å². The normalized spacial score (nSPS) is 17.9. The first kappa shape index (κ1) is 9.34. The van der Waals surface area contributed by atoms with Gasteiger partial charge in [0.1, 0.15) is 5.82 Å². The first-order chi connectivity index (χ1) is 6.68. The highest BCUT2D eigenvalue weighted by atomic mass is 19.1. The molecule has 0 atom stereocenters. The van der Waals surface area contributed by atoms with E-state index in [1.165, 1.54) is 24.3 Å². The molecule has 1 aromatic carbocycles. The smallest absolute Gasteiger partial charge is 0.171 e. The molecule has 1 aliphatic rings. The maximum atomic E-state index is 12.6. The monoisotopic (exact) mass is 194 g/mol. The highest BCUT2D eigenvalue weighted by molar-refractivity contribution is 6.02. The lowest BCUT2D eigenvalue weighted by molar-refractivity contribution is 0.0829. The van der Waals surface area contributed by atoms with Crippen LogP contribution in [-0.4, -0.2) is 17.5 Å². The summed E-state index contributed by atoms with van der Waals surface area (Å²) >= 11 is 0. The van der Waals surface area contributed by atoms with E-state index in [9.17, 15) is 9.18 Å². The predicted octanol–water partition coefficient (Wildman–Crippen LogP) is 1.78. The van der Waals surface area contributed by atoms with Crippen molar-refractivity contribution in [3.05, 3.63) is 35.6 Å². The molecule has 0 radical (unpaired) electrons. The molecular formula is C11H11FO2. The Kier molecular flexibility index (Phi) is 2.11. The van der Waals surface area contributed by atoms with Crippen molar-refractivity contribution in [2.24, 2.45) is 5.41 Å². The van der Waals surface area contributed by atoms with Crippen molar-refractivity contribution in [2.45, 2.75) is 12.8 Å². The number of hydrogen-bond donors (Lipinski definition) is 1. The van der Waals surface area contributed by atoms with Gasteiger partial charge in [0.15, 0.2) is 5.78 Å². The number of rotatable bonds is 3. The Hall–Kier alpha value is -1.22. The molecule has 2 nitrogen and oxygen atoms in total. The Balaban J connectivity index is 2.23. The Bertz CT molecular complexity index is 352. The number of Topliss-reactive ketones (excluding diaryl/α,β-unsaturated/α-hetero) is 1. The lowest BCUT2D eigenvalue weighted by atomic mass is 9.96. The maximum Gasteiger partial charge on any atom is 0.171 e. The van der Waals surface area contributed by atoms with E-state index in [2.05, 4.69) is 0 Å². The molecule has 0 unspecified atom stereocenters. The van der Waals surface area contributed by atoms with E-state index in [-0.39, 0.29) is 18.2 Å². The van der Waals surface area contributed by atoms with Gasteiger partial charge in [-0.1, -0.05) is 0 Å². The summed E-state index contributed by atoms with van der Waals surface area (Å²) in [6.07, 6.45) is 1.47. The SMILES string of the molecule is O=C(c1ccc(F)cc1)C1(CO)CC1. The minimum absolute atomic E-state index is 0.0694. The predicted molar refractivity (Wildman–Crippen MR) is 49.5 cm³/mol. The fourth-order valence-electron chi connectivity index (χ4n) is 1.52. The molecule has 1 aliphatic carbocycles. The summed E-state index contributed by atoms with van der Waals surface area (Å²) in [5.74, 6) is -0.421. The molecule has 1 N–H and O–H groups in total. The van der Waals surface area contributed by atoms with Crippen molar-refractivity contribution in [1.29, 1.82) is 0 Å². The number of carbonyl (C=O) groups is 1. The summed E-state index contributed by atoms with van der Waals surface area (Å²) < 4.78 is 12.6. The molecule has 1 saturated carbocycles. The largest absolute Gasteiger partial charge is 0.395 e. The fourth-order valence-corrected chi connectivity index (χ4v) is 1.52. The van der Waals surface area contributed by atoms with E-state index in [1.54, 1.807) is 0 Å². The zero-order chi connectivity index (χ0) is 10.2. The van der Waals surface area contributed by atoms with Gasteiger partial charge in [-0.3, -0.25) is 4.79 Å². The van der Waals surface area contributed by atoms with E-state index >= 15 is 0 Å². The van der Waals surface area contributed by atoms with Crippen molar-refractivity contribution >= 4 is 5.78 Å². The average molecular weight is 194 g/mol. The van der Waals surface area contributed by atoms with E-state index < -0.39 is 5.41 Å². The van der Waals surface area contributed by atoms with Gasteiger partial charge in [0.2, 0.25) is 0 Å². The van der Waals surface area contributed by atoms with Gasteiger partial charge in [-0.25, -0.2) is 4.39 Å². The van der Waals surface area contributed by atoms with Crippen LogP contribution in [0.1, 0.15) is 23.2 Å². The van der Waals surface area contributed by atoms with Gasteiger partial charge in [0, 0.05) is 5.56 Å². The minimum atomic E-state index is -0.558. The molecule has 0 aromatic heterocycles. The Morgan fingerprint density at radius 1 is 1.36 bits per heavy atom. The van der Waals surface area contributed by atoms with Crippen molar-refractivity contribution in [3.63, 3.8) is 0 Å². The lowest BCUT2D eigenvalue weighted by Gasteiger charge is -2.09. The minimum Gasteiger partial charge on any atom is -0.395 e. The summed E-state index contributed by atoms with van der Waals surface area (Å²) in [5.41, 5.74) is -0.0735. The van der Waals surface area contributed by atoms with Crippen LogP contribution < -0.4 is 0 Å². The molecule has 1 aromatic rings. The van der Waals surface area contributed by atoms with Crippen LogP contribution in [0.2, 0.25) is 0 Å². The van der Waals surface area contributed by atoms with E-state index in [0.717, 1.165) is 12.8 Å². The fraction of sp³-hybridized carbons (Fsp3) is 0.364. The zero-order valence-corrected chi connectivity index (χ0v) is 7.66. The summed E-state index contributed by atoms with van der Waals surface area (Å²) in [6.45, 7) is -0.108. The van der Waals surface area contributed by atoms with Crippen LogP contribution >= 0.6 is 0 Å². The third kappa shape index (κ3) is 1.44. The molecule has 0 aliphatic heterocycles. The summed E-state index contributed by atoms with van der Waals surface area (Å²) in [5, 5.41) is 9.05. The van der Waals surface area contributed by atoms with Crippen LogP contribution in [0.15, 0.2) is 24.3 Å². The van der Waals surface area contributed by atoms with Gasteiger partial charge in [-0.05, 0) is 37.1 Å². The molecule has 2 rings (SSSR count). The Morgan fingerprint density at radius 3 is 2.36 bits per heavy atom. The summed E-state index contributed by atoms with van der Waals surface area (Å²) in [4.78, 5) is 11.8. The van der Waals surface area contributed by atoms with Crippen molar-refractivity contribution < 1.29 is 14.3 Å². The standard InChI is InChI=1S/C11H11FO2/c12-9-3-1-8(2-4-9)10(14)11(7-13)5-6-11/h1-4,13H,5-7H2. The van der Waals surface area contributed by atoms with Crippen LogP contribution in [0.4, 0.5) is 4.39 Å². The molecule has 14 heavy (non-hydrogen) atoms. The Morgan fingerprint density at radius 2 is 1.93 bits per heavy atom. The van der Waals surface area contributed by atoms with Gasteiger partial charge in [-0.2, -0.15) is 0 Å². The number of aliphatic hydroxyl groups excluding tert-OH is 1. The van der Waals surface area contributed by atoms with Crippen molar-refractivity contribution in [2.75, 3.05) is 6.61 Å². The third-order valence-corrected chi connectivity index (χ3v) is 2.74. The summed E-state index contributed by atoms with van der Waals surface area (Å²) in [7, 11) is 0. The summed E-state index contributed by atoms with van der Waals surface area (Å²) in [6, 6.07) is 5.46. The number of halogens is 1. The topological polar surface area (TPSA) is 37.3 Å². The number of carbonyl (C=O) groups excluding carboxylic acids is 1. The highest BCUT2D eigenvalue weighted by Gasteiger charge is 2.49. The molecule has 0 heterocycles. The molecule has 0 amide bonds. The number of benzene rings is 1. The molecular weight excluding hydrogens is 183 g/mol. The number of ketones is 1. The first-order valence-corrected chi connectivity index (χ1v) is 4.59. The van der Waals surface area contributed by atoms with E-state index in [0.29, 0.717) is 5.56 Å². The molecule has 74 valence electrons. The van der Waals surface area contributed by atoms with Gasteiger partial charge in [0.25, 0.3) is 0 Å². The molecule has 3 heteroatoms.